The average molecular weight is 165 g/mol. The van der Waals surface area contributed by atoms with E-state index in [1.165, 1.54) is 4.88 Å². The van der Waals surface area contributed by atoms with Crippen molar-refractivity contribution in [1.82, 2.24) is 4.90 Å². The molecule has 0 aliphatic rings. The molecule has 0 N–H and O–H groups in total. The second kappa shape index (κ2) is 3.56. The summed E-state index contributed by atoms with van der Waals surface area (Å²) >= 11 is 1.68. The molecule has 0 saturated heterocycles. The van der Waals surface area contributed by atoms with Crippen LogP contribution in [-0.2, 0) is 6.54 Å². The number of nitrogens with zero attached hydrogens (tertiary/aromatic N) is 1. The van der Waals surface area contributed by atoms with Gasteiger partial charge in [0.25, 0.3) is 0 Å². The normalized spacial score (nSPS) is 10.0. The van der Waals surface area contributed by atoms with E-state index in [-0.39, 0.29) is 0 Å². The van der Waals surface area contributed by atoms with E-state index in [0.29, 0.717) is 0 Å². The molecule has 0 aliphatic heterocycles. The molecule has 0 amide bonds. The van der Waals surface area contributed by atoms with Crippen LogP contribution >= 0.6 is 11.3 Å². The first-order chi connectivity index (χ1) is 5.22. The molecule has 0 atom stereocenters. The Morgan fingerprint density at radius 3 is 2.73 bits per heavy atom. The minimum atomic E-state index is 0.979. The van der Waals surface area contributed by atoms with Gasteiger partial charge in [-0.05, 0) is 26.2 Å². The van der Waals surface area contributed by atoms with Gasteiger partial charge in [0.15, 0.2) is 0 Å². The molecule has 0 aromatic carbocycles. The Morgan fingerprint density at radius 1 is 1.55 bits per heavy atom. The van der Waals surface area contributed by atoms with E-state index in [9.17, 15) is 0 Å². The van der Waals surface area contributed by atoms with Gasteiger partial charge in [-0.15, -0.1) is 17.8 Å². The zero-order chi connectivity index (χ0) is 8.27. The van der Waals surface area contributed by atoms with Crippen LogP contribution in [0.5, 0.6) is 0 Å². The summed E-state index contributed by atoms with van der Waals surface area (Å²) in [6.45, 7) is 0.979. The fraction of sp³-hybridized carbons (Fsp3) is 0.333. The fourth-order valence-corrected chi connectivity index (χ4v) is 1.79. The van der Waals surface area contributed by atoms with E-state index in [1.54, 1.807) is 11.3 Å². The zero-order valence-electron chi connectivity index (χ0n) is 6.79. The molecule has 2 heteroatoms. The number of rotatable bonds is 2. The Kier molecular flexibility index (Phi) is 2.70. The Labute approximate surface area is 71.7 Å². The van der Waals surface area contributed by atoms with Gasteiger partial charge in [0.2, 0.25) is 0 Å². The predicted molar refractivity (Wildman–Crippen MR) is 49.6 cm³/mol. The van der Waals surface area contributed by atoms with Crippen molar-refractivity contribution >= 4 is 11.3 Å². The summed E-state index contributed by atoms with van der Waals surface area (Å²) in [5.74, 6) is 2.62. The van der Waals surface area contributed by atoms with E-state index in [0.717, 1.165) is 11.4 Å². The molecule has 0 saturated carbocycles. The SMILES string of the molecule is C#Cc1ccc(CN(C)C)s1. The minimum absolute atomic E-state index is 0.979. The molecular weight excluding hydrogens is 154 g/mol. The van der Waals surface area contributed by atoms with Crippen molar-refractivity contribution in [1.29, 1.82) is 0 Å². The number of hydrogen-bond donors (Lipinski definition) is 0. The van der Waals surface area contributed by atoms with Gasteiger partial charge in [-0.1, -0.05) is 5.92 Å². The number of terminal acetylenes is 1. The molecular formula is C9H11NS. The Morgan fingerprint density at radius 2 is 2.27 bits per heavy atom. The van der Waals surface area contributed by atoms with Crippen LogP contribution in [0.3, 0.4) is 0 Å². The van der Waals surface area contributed by atoms with Crippen LogP contribution in [0.1, 0.15) is 9.75 Å². The number of thiophene rings is 1. The molecule has 0 spiro atoms. The lowest BCUT2D eigenvalue weighted by Crippen LogP contribution is -2.09. The number of hydrogen-bond acceptors (Lipinski definition) is 2. The molecule has 1 rings (SSSR count). The summed E-state index contributed by atoms with van der Waals surface area (Å²) in [7, 11) is 4.10. The van der Waals surface area contributed by atoms with Gasteiger partial charge in [0.05, 0.1) is 4.88 Å². The summed E-state index contributed by atoms with van der Waals surface area (Å²) in [6, 6.07) is 4.07. The maximum atomic E-state index is 5.24. The highest BCUT2D eigenvalue weighted by molar-refractivity contribution is 7.12. The van der Waals surface area contributed by atoms with E-state index < -0.39 is 0 Å². The molecule has 0 radical (unpaired) electrons. The predicted octanol–water partition coefficient (Wildman–Crippen LogP) is 1.79. The molecule has 11 heavy (non-hydrogen) atoms. The summed E-state index contributed by atoms with van der Waals surface area (Å²) in [5.41, 5.74) is 0. The van der Waals surface area contributed by atoms with Crippen molar-refractivity contribution in [2.75, 3.05) is 14.1 Å². The lowest BCUT2D eigenvalue weighted by molar-refractivity contribution is 0.406. The molecule has 0 unspecified atom stereocenters. The Hall–Kier alpha value is -0.780. The first-order valence-corrected chi connectivity index (χ1v) is 4.24. The van der Waals surface area contributed by atoms with E-state index in [1.807, 2.05) is 6.07 Å². The fourth-order valence-electron chi connectivity index (χ4n) is 0.852. The molecule has 0 bridgehead atoms. The van der Waals surface area contributed by atoms with Crippen molar-refractivity contribution in [3.63, 3.8) is 0 Å². The topological polar surface area (TPSA) is 3.24 Å². The molecule has 1 aromatic rings. The van der Waals surface area contributed by atoms with Crippen LogP contribution in [-0.4, -0.2) is 19.0 Å². The first kappa shape index (κ1) is 8.32. The largest absolute Gasteiger partial charge is 0.304 e. The maximum absolute atomic E-state index is 5.24. The maximum Gasteiger partial charge on any atom is 0.0769 e. The molecule has 0 aliphatic carbocycles. The minimum Gasteiger partial charge on any atom is -0.304 e. The van der Waals surface area contributed by atoms with E-state index in [2.05, 4.69) is 31.0 Å². The molecule has 58 valence electrons. The third-order valence-electron chi connectivity index (χ3n) is 1.28. The smallest absolute Gasteiger partial charge is 0.0769 e. The monoisotopic (exact) mass is 165 g/mol. The lowest BCUT2D eigenvalue weighted by atomic mass is 10.4. The Balaban J connectivity index is 2.67. The van der Waals surface area contributed by atoms with Gasteiger partial charge < -0.3 is 4.90 Å². The van der Waals surface area contributed by atoms with Gasteiger partial charge in [0.1, 0.15) is 0 Å². The summed E-state index contributed by atoms with van der Waals surface area (Å²) < 4.78 is 0. The van der Waals surface area contributed by atoms with Crippen LogP contribution < -0.4 is 0 Å². The lowest BCUT2D eigenvalue weighted by Gasteiger charge is -2.05. The average Bonchev–Trinajstić information content (AvgIpc) is 2.34. The highest BCUT2D eigenvalue weighted by Gasteiger charge is 1.97. The van der Waals surface area contributed by atoms with Crippen LogP contribution in [0.25, 0.3) is 0 Å². The van der Waals surface area contributed by atoms with Crippen LogP contribution in [0, 0.1) is 12.3 Å². The highest BCUT2D eigenvalue weighted by atomic mass is 32.1. The van der Waals surface area contributed by atoms with Crippen molar-refractivity contribution in [2.24, 2.45) is 0 Å². The van der Waals surface area contributed by atoms with Gasteiger partial charge >= 0.3 is 0 Å². The highest BCUT2D eigenvalue weighted by Crippen LogP contribution is 2.15. The first-order valence-electron chi connectivity index (χ1n) is 3.42. The van der Waals surface area contributed by atoms with Crippen LogP contribution in [0.2, 0.25) is 0 Å². The van der Waals surface area contributed by atoms with Gasteiger partial charge in [-0.25, -0.2) is 0 Å². The van der Waals surface area contributed by atoms with Gasteiger partial charge in [-0.3, -0.25) is 0 Å². The molecule has 1 nitrogen and oxygen atoms in total. The van der Waals surface area contributed by atoms with E-state index in [4.69, 9.17) is 6.42 Å². The molecule has 0 fully saturated rings. The third-order valence-corrected chi connectivity index (χ3v) is 2.28. The summed E-state index contributed by atoms with van der Waals surface area (Å²) in [6.07, 6.45) is 5.24. The molecule has 1 aromatic heterocycles. The van der Waals surface area contributed by atoms with Crippen molar-refractivity contribution in [3.05, 3.63) is 21.9 Å². The summed E-state index contributed by atoms with van der Waals surface area (Å²) in [5, 5.41) is 0. The van der Waals surface area contributed by atoms with Gasteiger partial charge in [0, 0.05) is 11.4 Å². The summed E-state index contributed by atoms with van der Waals surface area (Å²) in [4.78, 5) is 4.47. The van der Waals surface area contributed by atoms with Crippen molar-refractivity contribution in [2.45, 2.75) is 6.54 Å². The Bertz CT molecular complexity index is 267. The third kappa shape index (κ3) is 2.38. The zero-order valence-corrected chi connectivity index (χ0v) is 7.61. The van der Waals surface area contributed by atoms with Crippen LogP contribution in [0.15, 0.2) is 12.1 Å². The second-order valence-corrected chi connectivity index (χ2v) is 3.82. The quantitative estimate of drug-likeness (QED) is 0.604. The second-order valence-electron chi connectivity index (χ2n) is 2.65. The van der Waals surface area contributed by atoms with Crippen LogP contribution in [0.4, 0.5) is 0 Å². The van der Waals surface area contributed by atoms with Crippen molar-refractivity contribution < 1.29 is 0 Å². The molecule has 1 heterocycles. The standard InChI is InChI=1S/C9H11NS/c1-4-8-5-6-9(11-8)7-10(2)3/h1,5-6H,7H2,2-3H3. The van der Waals surface area contributed by atoms with Gasteiger partial charge in [-0.2, -0.15) is 0 Å². The van der Waals surface area contributed by atoms with E-state index >= 15 is 0 Å². The van der Waals surface area contributed by atoms with Crippen molar-refractivity contribution in [3.8, 4) is 12.3 Å².